The molecule has 0 radical (unpaired) electrons. The zero-order valence-corrected chi connectivity index (χ0v) is 8.58. The average Bonchev–Trinajstić information content (AvgIpc) is 2.79. The number of carbonyl (C=O) groups excluding carboxylic acids is 1. The number of benzene rings is 1. The number of hydrogen-bond acceptors (Lipinski definition) is 4. The maximum Gasteiger partial charge on any atom is 0.362 e. The molecule has 1 aromatic carbocycles. The number of imidazole rings is 1. The predicted molar refractivity (Wildman–Crippen MR) is 56.9 cm³/mol. The molecule has 6 nitrogen and oxygen atoms in total. The van der Waals surface area contributed by atoms with Crippen LogP contribution in [-0.4, -0.2) is 27.0 Å². The maximum atomic E-state index is 11.6. The third kappa shape index (κ3) is 2.31. The molecular formula is C11H8N2O4. The quantitative estimate of drug-likeness (QED) is 0.615. The molecule has 0 spiro atoms. The molecule has 0 saturated heterocycles. The highest BCUT2D eigenvalue weighted by Gasteiger charge is 2.21. The van der Waals surface area contributed by atoms with E-state index in [1.54, 1.807) is 30.3 Å². The second-order valence-corrected chi connectivity index (χ2v) is 3.13. The van der Waals surface area contributed by atoms with Crippen LogP contribution in [0, 0.1) is 0 Å². The summed E-state index contributed by atoms with van der Waals surface area (Å²) in [5, 5.41) is 8.78. The van der Waals surface area contributed by atoms with Crippen LogP contribution >= 0.6 is 0 Å². The van der Waals surface area contributed by atoms with Crippen molar-refractivity contribution in [2.45, 2.75) is 0 Å². The summed E-state index contributed by atoms with van der Waals surface area (Å²) in [7, 11) is 0. The van der Waals surface area contributed by atoms with Crippen LogP contribution in [0.4, 0.5) is 0 Å². The summed E-state index contributed by atoms with van der Waals surface area (Å²) in [5.74, 6) is -1.74. The number of carbonyl (C=O) groups is 2. The van der Waals surface area contributed by atoms with E-state index in [9.17, 15) is 9.59 Å². The van der Waals surface area contributed by atoms with Crippen molar-refractivity contribution >= 4 is 11.9 Å². The molecule has 6 heteroatoms. The number of rotatable bonds is 3. The molecule has 0 amide bonds. The number of nitrogens with one attached hydrogen (secondary N) is 1. The number of nitrogens with zero attached hydrogens (tertiary/aromatic N) is 1. The number of aromatic amines is 1. The number of carboxylic acid groups (broad SMARTS) is 1. The first-order valence-corrected chi connectivity index (χ1v) is 4.72. The van der Waals surface area contributed by atoms with E-state index in [0.717, 1.165) is 6.33 Å². The Hall–Kier alpha value is -2.63. The van der Waals surface area contributed by atoms with Gasteiger partial charge in [-0.05, 0) is 12.1 Å². The van der Waals surface area contributed by atoms with Crippen molar-refractivity contribution in [1.82, 2.24) is 9.97 Å². The normalized spacial score (nSPS) is 9.88. The topological polar surface area (TPSA) is 92.3 Å². The first kappa shape index (κ1) is 10.9. The van der Waals surface area contributed by atoms with Gasteiger partial charge in [0.1, 0.15) is 5.75 Å². The molecule has 0 fully saturated rings. The van der Waals surface area contributed by atoms with Crippen LogP contribution in [0.25, 0.3) is 0 Å². The van der Waals surface area contributed by atoms with Crippen molar-refractivity contribution in [2.75, 3.05) is 0 Å². The summed E-state index contributed by atoms with van der Waals surface area (Å²) in [6.45, 7) is 0. The highest BCUT2D eigenvalue weighted by Crippen LogP contribution is 2.12. The molecule has 1 heterocycles. The Labute approximate surface area is 95.9 Å². The largest absolute Gasteiger partial charge is 0.476 e. The van der Waals surface area contributed by atoms with E-state index in [0.29, 0.717) is 5.75 Å². The van der Waals surface area contributed by atoms with Crippen LogP contribution in [0.3, 0.4) is 0 Å². The molecule has 2 N–H and O–H groups in total. The molecule has 86 valence electrons. The van der Waals surface area contributed by atoms with Crippen molar-refractivity contribution in [3.05, 3.63) is 48.0 Å². The van der Waals surface area contributed by atoms with Gasteiger partial charge in [0.25, 0.3) is 0 Å². The number of aromatic carboxylic acids is 1. The summed E-state index contributed by atoms with van der Waals surface area (Å²) >= 11 is 0. The van der Waals surface area contributed by atoms with Gasteiger partial charge in [-0.3, -0.25) is 0 Å². The van der Waals surface area contributed by atoms with E-state index in [1.807, 2.05) is 0 Å². The highest BCUT2D eigenvalue weighted by molar-refractivity contribution is 6.00. The Kier molecular flexibility index (Phi) is 2.87. The van der Waals surface area contributed by atoms with Crippen LogP contribution in [0.2, 0.25) is 0 Å². The van der Waals surface area contributed by atoms with Crippen LogP contribution < -0.4 is 4.74 Å². The molecule has 0 aliphatic heterocycles. The number of H-pyrrole nitrogens is 1. The molecule has 2 rings (SSSR count). The Bertz CT molecular complexity index is 548. The van der Waals surface area contributed by atoms with Gasteiger partial charge in [0, 0.05) is 0 Å². The van der Waals surface area contributed by atoms with Gasteiger partial charge in [0.2, 0.25) is 0 Å². The summed E-state index contributed by atoms with van der Waals surface area (Å²) in [4.78, 5) is 28.4. The fourth-order valence-corrected chi connectivity index (χ4v) is 1.26. The van der Waals surface area contributed by atoms with E-state index in [2.05, 4.69) is 9.97 Å². The second kappa shape index (κ2) is 4.48. The minimum atomic E-state index is -1.29. The maximum absolute atomic E-state index is 11.6. The predicted octanol–water partition coefficient (Wildman–Crippen LogP) is 1.33. The van der Waals surface area contributed by atoms with Gasteiger partial charge < -0.3 is 14.8 Å². The first-order chi connectivity index (χ1) is 8.18. The lowest BCUT2D eigenvalue weighted by atomic mass is 10.3. The minimum absolute atomic E-state index is 0.179. The first-order valence-electron chi connectivity index (χ1n) is 4.72. The molecule has 2 aromatic rings. The summed E-state index contributed by atoms with van der Waals surface area (Å²) in [5.41, 5.74) is -0.535. The van der Waals surface area contributed by atoms with Crippen LogP contribution in [0.15, 0.2) is 36.7 Å². The van der Waals surface area contributed by atoms with Crippen LogP contribution in [0.5, 0.6) is 5.75 Å². The van der Waals surface area contributed by atoms with Gasteiger partial charge in [0.05, 0.1) is 6.33 Å². The smallest absolute Gasteiger partial charge is 0.362 e. The van der Waals surface area contributed by atoms with E-state index in [-0.39, 0.29) is 11.4 Å². The molecule has 0 saturated carbocycles. The number of ether oxygens (including phenoxy) is 1. The molecule has 0 aliphatic rings. The van der Waals surface area contributed by atoms with Gasteiger partial charge in [-0.15, -0.1) is 0 Å². The molecule has 0 unspecified atom stereocenters. The van der Waals surface area contributed by atoms with Crippen LogP contribution in [0.1, 0.15) is 21.0 Å². The van der Waals surface area contributed by atoms with Crippen molar-refractivity contribution in [2.24, 2.45) is 0 Å². The number of aromatic nitrogens is 2. The molecule has 1 aromatic heterocycles. The molecular weight excluding hydrogens is 224 g/mol. The van der Waals surface area contributed by atoms with E-state index in [4.69, 9.17) is 9.84 Å². The molecule has 0 bridgehead atoms. The van der Waals surface area contributed by atoms with Crippen LogP contribution in [-0.2, 0) is 0 Å². The third-order valence-corrected chi connectivity index (χ3v) is 2.00. The number of esters is 1. The standard InChI is InChI=1S/C11H8N2O4/c14-10(15)8-9(13-6-12-8)11(16)17-7-4-2-1-3-5-7/h1-6H,(H,12,13)(H,14,15). The van der Waals surface area contributed by atoms with Gasteiger partial charge in [-0.2, -0.15) is 0 Å². The lowest BCUT2D eigenvalue weighted by molar-refractivity contribution is 0.0661. The Morgan fingerprint density at radius 1 is 1.24 bits per heavy atom. The fraction of sp³-hybridized carbons (Fsp3) is 0. The van der Waals surface area contributed by atoms with Gasteiger partial charge in [0.15, 0.2) is 11.4 Å². The van der Waals surface area contributed by atoms with Crippen molar-refractivity contribution < 1.29 is 19.4 Å². The third-order valence-electron chi connectivity index (χ3n) is 2.00. The van der Waals surface area contributed by atoms with Gasteiger partial charge in [-0.25, -0.2) is 14.6 Å². The molecule has 17 heavy (non-hydrogen) atoms. The lowest BCUT2D eigenvalue weighted by Crippen LogP contribution is -2.14. The molecule has 0 atom stereocenters. The number of carboxylic acids is 1. The summed E-state index contributed by atoms with van der Waals surface area (Å²) in [6.07, 6.45) is 1.13. The summed E-state index contributed by atoms with van der Waals surface area (Å²) in [6, 6.07) is 8.36. The Morgan fingerprint density at radius 2 is 1.94 bits per heavy atom. The number of para-hydroxylation sites is 1. The van der Waals surface area contributed by atoms with Crippen molar-refractivity contribution in [3.63, 3.8) is 0 Å². The van der Waals surface area contributed by atoms with Crippen molar-refractivity contribution in [3.8, 4) is 5.75 Å². The highest BCUT2D eigenvalue weighted by atomic mass is 16.5. The fourth-order valence-electron chi connectivity index (χ4n) is 1.26. The van der Waals surface area contributed by atoms with Gasteiger partial charge >= 0.3 is 11.9 Å². The number of hydrogen-bond donors (Lipinski definition) is 2. The van der Waals surface area contributed by atoms with E-state index in [1.165, 1.54) is 0 Å². The van der Waals surface area contributed by atoms with E-state index >= 15 is 0 Å². The summed E-state index contributed by atoms with van der Waals surface area (Å²) < 4.78 is 4.98. The monoisotopic (exact) mass is 232 g/mol. The Balaban J connectivity index is 2.21. The zero-order valence-electron chi connectivity index (χ0n) is 8.58. The Morgan fingerprint density at radius 3 is 2.59 bits per heavy atom. The second-order valence-electron chi connectivity index (χ2n) is 3.13. The van der Waals surface area contributed by atoms with Crippen molar-refractivity contribution in [1.29, 1.82) is 0 Å². The van der Waals surface area contributed by atoms with Gasteiger partial charge in [-0.1, -0.05) is 18.2 Å². The minimum Gasteiger partial charge on any atom is -0.476 e. The SMILES string of the molecule is O=C(O)c1nc[nH]c1C(=O)Oc1ccccc1. The zero-order chi connectivity index (χ0) is 12.3. The lowest BCUT2D eigenvalue weighted by Gasteiger charge is -2.02. The molecule has 0 aliphatic carbocycles. The van der Waals surface area contributed by atoms with E-state index < -0.39 is 11.9 Å². The average molecular weight is 232 g/mol.